The summed E-state index contributed by atoms with van der Waals surface area (Å²) in [6.07, 6.45) is 14.8. The summed E-state index contributed by atoms with van der Waals surface area (Å²) in [6, 6.07) is 4.38. The van der Waals surface area contributed by atoms with Crippen molar-refractivity contribution in [3.8, 4) is 5.88 Å². The molecule has 0 atom stereocenters. The third kappa shape index (κ3) is 3.12. The number of rotatable bonds is 6. The Labute approximate surface area is 136 Å². The number of imidazole rings is 1. The summed E-state index contributed by atoms with van der Waals surface area (Å²) in [4.78, 5) is 4.26. The zero-order valence-electron chi connectivity index (χ0n) is 13.0. The summed E-state index contributed by atoms with van der Waals surface area (Å²) < 4.78 is 8.24. The Balaban J connectivity index is 1.40. The van der Waals surface area contributed by atoms with E-state index in [0.29, 0.717) is 5.92 Å². The van der Waals surface area contributed by atoms with E-state index in [9.17, 15) is 0 Å². The molecule has 2 aliphatic rings. The van der Waals surface area contributed by atoms with Gasteiger partial charge in [0.2, 0.25) is 5.88 Å². The molecular formula is C18H24N2OS. The topological polar surface area (TPSA) is 26.5 Å². The van der Waals surface area contributed by atoms with Gasteiger partial charge in [0.1, 0.15) is 6.33 Å². The van der Waals surface area contributed by atoms with Gasteiger partial charge in [-0.2, -0.15) is 0 Å². The lowest BCUT2D eigenvalue weighted by atomic mass is 9.88. The Kier molecular flexibility index (Phi) is 4.28. The van der Waals surface area contributed by atoms with E-state index < -0.39 is 0 Å². The van der Waals surface area contributed by atoms with Crippen molar-refractivity contribution in [2.75, 3.05) is 5.75 Å². The summed E-state index contributed by atoms with van der Waals surface area (Å²) in [7, 11) is 0. The molecule has 0 unspecified atom stereocenters. The van der Waals surface area contributed by atoms with Crippen molar-refractivity contribution < 1.29 is 4.18 Å². The fourth-order valence-electron chi connectivity index (χ4n) is 3.57. The van der Waals surface area contributed by atoms with Crippen LogP contribution in [0.5, 0.6) is 5.88 Å². The third-order valence-electron chi connectivity index (χ3n) is 5.06. The van der Waals surface area contributed by atoms with Crippen LogP contribution in [0.3, 0.4) is 0 Å². The molecule has 0 aromatic carbocycles. The molecule has 2 heterocycles. The van der Waals surface area contributed by atoms with Crippen molar-refractivity contribution >= 4 is 17.6 Å². The number of aromatic nitrogens is 2. The molecule has 0 bridgehead atoms. The molecule has 4 heteroatoms. The molecule has 2 aromatic rings. The molecule has 2 aliphatic carbocycles. The molecule has 0 saturated heterocycles. The summed E-state index contributed by atoms with van der Waals surface area (Å²) in [5.74, 6) is 3.73. The van der Waals surface area contributed by atoms with Crippen LogP contribution in [0, 0.1) is 5.92 Å². The average Bonchev–Trinajstić information content (AvgIpc) is 3.29. The fraction of sp³-hybridized carbons (Fsp3) is 0.611. The van der Waals surface area contributed by atoms with Gasteiger partial charge in [0.25, 0.3) is 0 Å². The van der Waals surface area contributed by atoms with Gasteiger partial charge >= 0.3 is 0 Å². The Morgan fingerprint density at radius 2 is 2.00 bits per heavy atom. The van der Waals surface area contributed by atoms with Crippen molar-refractivity contribution in [1.29, 1.82) is 0 Å². The molecule has 118 valence electrons. The zero-order chi connectivity index (χ0) is 14.8. The first-order valence-corrected chi connectivity index (χ1v) is 9.57. The molecule has 22 heavy (non-hydrogen) atoms. The first-order valence-electron chi connectivity index (χ1n) is 8.66. The maximum atomic E-state index is 6.14. The van der Waals surface area contributed by atoms with E-state index in [1.165, 1.54) is 56.9 Å². The van der Waals surface area contributed by atoms with Gasteiger partial charge < -0.3 is 4.18 Å². The lowest BCUT2D eigenvalue weighted by molar-refractivity contribution is 0.351. The maximum absolute atomic E-state index is 6.14. The molecule has 0 amide bonds. The normalized spacial score (nSPS) is 19.6. The Hall–Kier alpha value is -1.16. The highest BCUT2D eigenvalue weighted by atomic mass is 32.2. The van der Waals surface area contributed by atoms with Crippen LogP contribution in [0.4, 0.5) is 0 Å². The quantitative estimate of drug-likeness (QED) is 0.540. The highest BCUT2D eigenvalue weighted by Crippen LogP contribution is 2.45. The van der Waals surface area contributed by atoms with E-state index >= 15 is 0 Å². The average molecular weight is 316 g/mol. The SMILES string of the molecule is c1cc2cncn2c(OSCCC2CCCCC2)c1C1CC1. The highest BCUT2D eigenvalue weighted by Gasteiger charge is 2.28. The second-order valence-electron chi connectivity index (χ2n) is 6.75. The monoisotopic (exact) mass is 316 g/mol. The van der Waals surface area contributed by atoms with Crippen LogP contribution in [0.2, 0.25) is 0 Å². The smallest absolute Gasteiger partial charge is 0.217 e. The molecule has 0 aliphatic heterocycles. The van der Waals surface area contributed by atoms with Crippen LogP contribution in [0.1, 0.15) is 62.8 Å². The van der Waals surface area contributed by atoms with Crippen LogP contribution in [0.25, 0.3) is 5.52 Å². The maximum Gasteiger partial charge on any atom is 0.217 e. The van der Waals surface area contributed by atoms with E-state index in [0.717, 1.165) is 23.1 Å². The van der Waals surface area contributed by atoms with Crippen LogP contribution < -0.4 is 4.18 Å². The van der Waals surface area contributed by atoms with Crippen molar-refractivity contribution in [1.82, 2.24) is 9.38 Å². The van der Waals surface area contributed by atoms with Crippen LogP contribution >= 0.6 is 12.0 Å². The predicted octanol–water partition coefficient (Wildman–Crippen LogP) is 5.21. The summed E-state index contributed by atoms with van der Waals surface area (Å²) >= 11 is 1.63. The number of hydrogen-bond donors (Lipinski definition) is 0. The lowest BCUT2D eigenvalue weighted by Gasteiger charge is -2.21. The first kappa shape index (κ1) is 14.4. The van der Waals surface area contributed by atoms with E-state index in [2.05, 4.69) is 21.5 Å². The van der Waals surface area contributed by atoms with Gasteiger partial charge in [-0.3, -0.25) is 4.40 Å². The molecule has 2 aromatic heterocycles. The van der Waals surface area contributed by atoms with Crippen LogP contribution in [-0.2, 0) is 0 Å². The van der Waals surface area contributed by atoms with E-state index in [4.69, 9.17) is 4.18 Å². The Morgan fingerprint density at radius 3 is 2.82 bits per heavy atom. The number of nitrogens with zero attached hydrogens (tertiary/aromatic N) is 2. The van der Waals surface area contributed by atoms with Gasteiger partial charge in [-0.05, 0) is 37.2 Å². The summed E-state index contributed by atoms with van der Waals surface area (Å²) in [5.41, 5.74) is 2.47. The summed E-state index contributed by atoms with van der Waals surface area (Å²) in [5, 5.41) is 0. The van der Waals surface area contributed by atoms with Gasteiger partial charge in [-0.25, -0.2) is 4.98 Å². The van der Waals surface area contributed by atoms with Crippen LogP contribution in [-0.4, -0.2) is 15.1 Å². The Bertz CT molecular complexity index is 629. The minimum absolute atomic E-state index is 0.695. The third-order valence-corrected chi connectivity index (χ3v) is 5.73. The lowest BCUT2D eigenvalue weighted by Crippen LogP contribution is -2.07. The molecule has 0 radical (unpaired) electrons. The molecular weight excluding hydrogens is 292 g/mol. The molecule has 4 rings (SSSR count). The van der Waals surface area contributed by atoms with Gasteiger partial charge in [0, 0.05) is 11.3 Å². The van der Waals surface area contributed by atoms with Crippen molar-refractivity contribution in [2.45, 2.75) is 57.3 Å². The summed E-state index contributed by atoms with van der Waals surface area (Å²) in [6.45, 7) is 0. The van der Waals surface area contributed by atoms with E-state index in [1.54, 1.807) is 12.0 Å². The van der Waals surface area contributed by atoms with Crippen molar-refractivity contribution in [2.24, 2.45) is 5.92 Å². The van der Waals surface area contributed by atoms with Gasteiger partial charge in [0.05, 0.1) is 23.8 Å². The molecule has 3 nitrogen and oxygen atoms in total. The highest BCUT2D eigenvalue weighted by molar-refractivity contribution is 7.95. The Morgan fingerprint density at radius 1 is 1.14 bits per heavy atom. The zero-order valence-corrected chi connectivity index (χ0v) is 13.9. The first-order chi connectivity index (χ1) is 10.9. The molecule has 2 saturated carbocycles. The minimum Gasteiger partial charge on any atom is -0.407 e. The van der Waals surface area contributed by atoms with Gasteiger partial charge in [0.15, 0.2) is 0 Å². The second-order valence-corrected chi connectivity index (χ2v) is 7.57. The van der Waals surface area contributed by atoms with Crippen molar-refractivity contribution in [3.05, 3.63) is 30.2 Å². The standard InChI is InChI=1S/C18H24N2OS/c1-2-4-14(5-3-1)10-11-22-21-18-17(15-6-7-15)9-8-16-12-19-13-20(16)18/h8-9,12-15H,1-7,10-11H2. The number of pyridine rings is 1. The van der Waals surface area contributed by atoms with Gasteiger partial charge in [-0.15, -0.1) is 0 Å². The van der Waals surface area contributed by atoms with E-state index in [1.807, 2.05) is 12.5 Å². The largest absolute Gasteiger partial charge is 0.407 e. The minimum atomic E-state index is 0.695. The molecule has 0 spiro atoms. The van der Waals surface area contributed by atoms with Crippen LogP contribution in [0.15, 0.2) is 24.7 Å². The second kappa shape index (κ2) is 6.53. The number of fused-ring (bicyclic) bond motifs is 1. The van der Waals surface area contributed by atoms with Gasteiger partial charge in [-0.1, -0.05) is 38.2 Å². The fourth-order valence-corrected chi connectivity index (χ4v) is 4.37. The van der Waals surface area contributed by atoms with Crippen molar-refractivity contribution in [3.63, 3.8) is 0 Å². The number of hydrogen-bond acceptors (Lipinski definition) is 3. The molecule has 2 fully saturated rings. The predicted molar refractivity (Wildman–Crippen MR) is 91.4 cm³/mol. The molecule has 0 N–H and O–H groups in total. The van der Waals surface area contributed by atoms with E-state index in [-0.39, 0.29) is 0 Å².